The van der Waals surface area contributed by atoms with Crippen molar-refractivity contribution in [2.75, 3.05) is 0 Å². The summed E-state index contributed by atoms with van der Waals surface area (Å²) >= 11 is 0. The van der Waals surface area contributed by atoms with Gasteiger partial charge in [0, 0.05) is 0 Å². The van der Waals surface area contributed by atoms with Gasteiger partial charge >= 0.3 is 5.97 Å². The van der Waals surface area contributed by atoms with Gasteiger partial charge in [-0.05, 0) is 41.8 Å². The van der Waals surface area contributed by atoms with E-state index < -0.39 is 17.8 Å². The second kappa shape index (κ2) is 7.83. The molecule has 150 valence electrons. The Morgan fingerprint density at radius 1 is 0.767 bits per heavy atom. The van der Waals surface area contributed by atoms with Crippen molar-refractivity contribution in [1.29, 1.82) is 0 Å². The number of fused-ring (bicyclic) bond motifs is 1. The molecule has 0 fully saturated rings. The van der Waals surface area contributed by atoms with Gasteiger partial charge in [0.05, 0.1) is 11.1 Å². The first-order chi connectivity index (χ1) is 14.5. The van der Waals surface area contributed by atoms with Gasteiger partial charge in [-0.1, -0.05) is 61.4 Å². The molecule has 0 aliphatic carbocycles. The van der Waals surface area contributed by atoms with Crippen LogP contribution in [0.4, 0.5) is 0 Å². The van der Waals surface area contributed by atoms with Gasteiger partial charge in [-0.15, -0.1) is 0 Å². The van der Waals surface area contributed by atoms with Crippen molar-refractivity contribution < 1.29 is 24.0 Å². The van der Waals surface area contributed by atoms with Crippen LogP contribution in [0.2, 0.25) is 0 Å². The van der Waals surface area contributed by atoms with Crippen LogP contribution in [0.15, 0.2) is 72.8 Å². The number of carbonyl (C=O) groups is 3. The smallest absolute Gasteiger partial charge is 0.367 e. The van der Waals surface area contributed by atoms with E-state index in [1.54, 1.807) is 30.3 Å². The summed E-state index contributed by atoms with van der Waals surface area (Å²) in [5.74, 6) is -1.10. The normalized spacial score (nSPS) is 12.8. The van der Waals surface area contributed by atoms with Gasteiger partial charge < -0.3 is 9.57 Å². The molecule has 1 aliphatic rings. The Morgan fingerprint density at radius 3 is 1.93 bits per heavy atom. The number of amides is 2. The van der Waals surface area contributed by atoms with Gasteiger partial charge in [0.1, 0.15) is 17.1 Å². The second-order valence-corrected chi connectivity index (χ2v) is 7.12. The van der Waals surface area contributed by atoms with Crippen molar-refractivity contribution in [2.24, 2.45) is 0 Å². The minimum atomic E-state index is -0.859. The van der Waals surface area contributed by atoms with Crippen molar-refractivity contribution in [1.82, 2.24) is 5.06 Å². The summed E-state index contributed by atoms with van der Waals surface area (Å²) in [7, 11) is 0. The van der Waals surface area contributed by atoms with E-state index in [0.717, 1.165) is 5.56 Å². The molecule has 30 heavy (non-hydrogen) atoms. The number of hydroxylamine groups is 2. The Balaban J connectivity index is 1.60. The number of benzene rings is 3. The number of imide groups is 1. The van der Waals surface area contributed by atoms with Crippen LogP contribution in [-0.2, 0) is 4.84 Å². The standard InChI is InChI=1S/C24H19NO5/c1-15(2)16-9-5-7-13-20(16)29-21-14-8-6-12-19(21)24(28)30-25-22(26)17-10-3-4-11-18(17)23(25)27/h3-15H,1-2H3. The van der Waals surface area contributed by atoms with E-state index in [-0.39, 0.29) is 28.4 Å². The fourth-order valence-electron chi connectivity index (χ4n) is 3.28. The van der Waals surface area contributed by atoms with Crippen molar-refractivity contribution >= 4 is 17.8 Å². The first-order valence-corrected chi connectivity index (χ1v) is 9.53. The monoisotopic (exact) mass is 401 g/mol. The number of carbonyl (C=O) groups excluding carboxylic acids is 3. The van der Waals surface area contributed by atoms with E-state index in [0.29, 0.717) is 10.8 Å². The Bertz CT molecular complexity index is 1120. The predicted octanol–water partition coefficient (Wildman–Crippen LogP) is 4.97. The summed E-state index contributed by atoms with van der Waals surface area (Å²) < 4.78 is 6.01. The molecule has 0 unspecified atom stereocenters. The Labute approximate surface area is 173 Å². The molecule has 0 saturated heterocycles. The number of rotatable bonds is 5. The average molecular weight is 401 g/mol. The van der Waals surface area contributed by atoms with Gasteiger partial charge in [-0.3, -0.25) is 9.59 Å². The summed E-state index contributed by atoms with van der Waals surface area (Å²) in [6.07, 6.45) is 0. The SMILES string of the molecule is CC(C)c1ccccc1Oc1ccccc1C(=O)ON1C(=O)c2ccccc2C1=O. The third-order valence-electron chi connectivity index (χ3n) is 4.80. The second-order valence-electron chi connectivity index (χ2n) is 7.12. The van der Waals surface area contributed by atoms with E-state index in [1.165, 1.54) is 18.2 Å². The highest BCUT2D eigenvalue weighted by Crippen LogP contribution is 2.33. The highest BCUT2D eigenvalue weighted by Gasteiger charge is 2.39. The summed E-state index contributed by atoms with van der Waals surface area (Å²) in [6.45, 7) is 4.09. The highest BCUT2D eigenvalue weighted by atomic mass is 16.7. The minimum absolute atomic E-state index is 0.104. The summed E-state index contributed by atoms with van der Waals surface area (Å²) in [6, 6.07) is 20.4. The third kappa shape index (κ3) is 3.43. The van der Waals surface area contributed by atoms with E-state index in [2.05, 4.69) is 0 Å². The lowest BCUT2D eigenvalue weighted by Crippen LogP contribution is -2.32. The predicted molar refractivity (Wildman–Crippen MR) is 109 cm³/mol. The van der Waals surface area contributed by atoms with Gasteiger partial charge in [-0.25, -0.2) is 4.79 Å². The van der Waals surface area contributed by atoms with Crippen LogP contribution in [0.3, 0.4) is 0 Å². The Kier molecular flexibility index (Phi) is 5.06. The number of hydrogen-bond acceptors (Lipinski definition) is 5. The molecule has 6 nitrogen and oxygen atoms in total. The molecule has 0 atom stereocenters. The van der Waals surface area contributed by atoms with E-state index >= 15 is 0 Å². The molecule has 4 rings (SSSR count). The molecule has 0 N–H and O–H groups in total. The third-order valence-corrected chi connectivity index (χ3v) is 4.80. The minimum Gasteiger partial charge on any atom is -0.456 e. The lowest BCUT2D eigenvalue weighted by atomic mass is 10.0. The van der Waals surface area contributed by atoms with E-state index in [9.17, 15) is 14.4 Å². The largest absolute Gasteiger partial charge is 0.456 e. The molecule has 6 heteroatoms. The molecule has 1 heterocycles. The molecule has 0 saturated carbocycles. The number of ether oxygens (including phenoxy) is 1. The number of hydrogen-bond donors (Lipinski definition) is 0. The molecule has 0 aromatic heterocycles. The highest BCUT2D eigenvalue weighted by molar-refractivity contribution is 6.21. The van der Waals surface area contributed by atoms with Crippen LogP contribution in [0.5, 0.6) is 11.5 Å². The Hall–Kier alpha value is -3.93. The van der Waals surface area contributed by atoms with Gasteiger partial charge in [0.25, 0.3) is 11.8 Å². The summed E-state index contributed by atoms with van der Waals surface area (Å²) in [5, 5.41) is 0.492. The van der Waals surface area contributed by atoms with Crippen LogP contribution in [0.1, 0.15) is 56.4 Å². The zero-order valence-electron chi connectivity index (χ0n) is 16.5. The fraction of sp³-hybridized carbons (Fsp3) is 0.125. The average Bonchev–Trinajstić information content (AvgIpc) is 2.99. The van der Waals surface area contributed by atoms with Gasteiger partial charge in [0.2, 0.25) is 0 Å². The molecule has 0 bridgehead atoms. The van der Waals surface area contributed by atoms with Crippen LogP contribution >= 0.6 is 0 Å². The lowest BCUT2D eigenvalue weighted by molar-refractivity contribution is -0.0586. The quantitative estimate of drug-likeness (QED) is 0.565. The molecular formula is C24H19NO5. The molecule has 0 spiro atoms. The first-order valence-electron chi connectivity index (χ1n) is 9.53. The lowest BCUT2D eigenvalue weighted by Gasteiger charge is -2.17. The van der Waals surface area contributed by atoms with E-state index in [1.807, 2.05) is 38.1 Å². The molecule has 3 aromatic rings. The van der Waals surface area contributed by atoms with Crippen molar-refractivity contribution in [3.8, 4) is 11.5 Å². The molecule has 0 radical (unpaired) electrons. The van der Waals surface area contributed by atoms with Crippen LogP contribution in [0, 0.1) is 0 Å². The van der Waals surface area contributed by atoms with E-state index in [4.69, 9.17) is 9.57 Å². The first kappa shape index (κ1) is 19.4. The maximum absolute atomic E-state index is 12.8. The zero-order chi connectivity index (χ0) is 21.3. The van der Waals surface area contributed by atoms with Crippen molar-refractivity contribution in [3.05, 3.63) is 95.1 Å². The van der Waals surface area contributed by atoms with Crippen molar-refractivity contribution in [2.45, 2.75) is 19.8 Å². The van der Waals surface area contributed by atoms with Crippen LogP contribution in [0.25, 0.3) is 0 Å². The molecule has 1 aliphatic heterocycles. The zero-order valence-corrected chi connectivity index (χ0v) is 16.5. The maximum atomic E-state index is 12.8. The topological polar surface area (TPSA) is 72.9 Å². The maximum Gasteiger partial charge on any atom is 0.367 e. The van der Waals surface area contributed by atoms with Gasteiger partial charge in [0.15, 0.2) is 0 Å². The van der Waals surface area contributed by atoms with Crippen LogP contribution < -0.4 is 4.74 Å². The molecule has 2 amide bonds. The van der Waals surface area contributed by atoms with Gasteiger partial charge in [-0.2, -0.15) is 0 Å². The number of nitrogens with zero attached hydrogens (tertiary/aromatic N) is 1. The fourth-order valence-corrected chi connectivity index (χ4v) is 3.28. The summed E-state index contributed by atoms with van der Waals surface area (Å²) in [4.78, 5) is 42.9. The van der Waals surface area contributed by atoms with Crippen LogP contribution in [-0.4, -0.2) is 22.8 Å². The molecular weight excluding hydrogens is 382 g/mol. The molecule has 3 aromatic carbocycles. The number of para-hydroxylation sites is 2. The Morgan fingerprint density at radius 2 is 1.30 bits per heavy atom. The van der Waals surface area contributed by atoms with Crippen molar-refractivity contribution in [3.63, 3.8) is 0 Å². The summed E-state index contributed by atoms with van der Waals surface area (Å²) in [5.41, 5.74) is 1.49.